The first-order valence-corrected chi connectivity index (χ1v) is 5.96. The Morgan fingerprint density at radius 3 is 2.92 bits per heavy atom. The third kappa shape index (κ3) is 2.92. The summed E-state index contributed by atoms with van der Waals surface area (Å²) in [6.07, 6.45) is 3.35. The van der Waals surface area contributed by atoms with E-state index in [1.165, 1.54) is 30.0 Å². The summed E-state index contributed by atoms with van der Waals surface area (Å²) in [7, 11) is 0. The van der Waals surface area contributed by atoms with Crippen LogP contribution in [0.3, 0.4) is 0 Å². The van der Waals surface area contributed by atoms with E-state index in [1.807, 2.05) is 11.8 Å². The Bertz CT molecular complexity index is 191. The van der Waals surface area contributed by atoms with E-state index in [9.17, 15) is 0 Å². The highest BCUT2D eigenvalue weighted by molar-refractivity contribution is 8.03. The fourth-order valence-corrected chi connectivity index (χ4v) is 2.68. The van der Waals surface area contributed by atoms with Gasteiger partial charge in [-0.15, -0.1) is 11.8 Å². The Labute approximate surface area is 85.0 Å². The van der Waals surface area contributed by atoms with Crippen molar-refractivity contribution in [3.63, 3.8) is 0 Å². The summed E-state index contributed by atoms with van der Waals surface area (Å²) in [5.41, 5.74) is 1.38. The third-order valence-electron chi connectivity index (χ3n) is 2.39. The molecule has 13 heavy (non-hydrogen) atoms. The van der Waals surface area contributed by atoms with Gasteiger partial charge in [0.25, 0.3) is 0 Å². The summed E-state index contributed by atoms with van der Waals surface area (Å²) in [6.45, 7) is 5.84. The van der Waals surface area contributed by atoms with E-state index >= 15 is 0 Å². The van der Waals surface area contributed by atoms with Crippen LogP contribution >= 0.6 is 11.8 Å². The van der Waals surface area contributed by atoms with Crippen LogP contribution in [-0.4, -0.2) is 29.0 Å². The Morgan fingerprint density at radius 1 is 1.54 bits per heavy atom. The van der Waals surface area contributed by atoms with Crippen molar-refractivity contribution in [3.8, 4) is 0 Å². The molecule has 0 atom stereocenters. The predicted molar refractivity (Wildman–Crippen MR) is 58.5 cm³/mol. The summed E-state index contributed by atoms with van der Waals surface area (Å²) in [5, 5.41) is 8.84. The van der Waals surface area contributed by atoms with Gasteiger partial charge in [0, 0.05) is 30.2 Å². The van der Waals surface area contributed by atoms with Crippen molar-refractivity contribution in [2.45, 2.75) is 33.1 Å². The Balaban J connectivity index is 2.42. The molecule has 2 nitrogen and oxygen atoms in total. The maximum atomic E-state index is 8.84. The van der Waals surface area contributed by atoms with Gasteiger partial charge < -0.3 is 10.0 Å². The van der Waals surface area contributed by atoms with E-state index in [0.717, 1.165) is 12.3 Å². The number of hydrogen-bond donors (Lipinski definition) is 1. The van der Waals surface area contributed by atoms with Gasteiger partial charge in [-0.1, -0.05) is 13.3 Å². The van der Waals surface area contributed by atoms with Crippen molar-refractivity contribution in [1.82, 2.24) is 4.90 Å². The molecular formula is C10H19NOS. The lowest BCUT2D eigenvalue weighted by Gasteiger charge is -2.18. The van der Waals surface area contributed by atoms with Crippen LogP contribution in [0.2, 0.25) is 0 Å². The van der Waals surface area contributed by atoms with Gasteiger partial charge >= 0.3 is 0 Å². The number of allylic oxidation sites excluding steroid dienone is 1. The van der Waals surface area contributed by atoms with E-state index < -0.39 is 0 Å². The molecule has 1 N–H and O–H groups in total. The number of nitrogens with zero attached hydrogens (tertiary/aromatic N) is 1. The minimum atomic E-state index is 0.279. The van der Waals surface area contributed by atoms with Crippen molar-refractivity contribution < 1.29 is 5.11 Å². The van der Waals surface area contributed by atoms with E-state index in [-0.39, 0.29) is 6.61 Å². The van der Waals surface area contributed by atoms with Gasteiger partial charge in [-0.3, -0.25) is 0 Å². The smallest absolute Gasteiger partial charge is 0.0680 e. The fourth-order valence-electron chi connectivity index (χ4n) is 1.47. The molecule has 0 aromatic carbocycles. The second-order valence-corrected chi connectivity index (χ2v) is 4.41. The molecule has 0 fully saturated rings. The van der Waals surface area contributed by atoms with Crippen LogP contribution in [0.25, 0.3) is 0 Å². The Kier molecular flexibility index (Phi) is 4.67. The maximum absolute atomic E-state index is 8.84. The molecule has 0 spiro atoms. The van der Waals surface area contributed by atoms with Gasteiger partial charge in [-0.25, -0.2) is 0 Å². The largest absolute Gasteiger partial charge is 0.396 e. The van der Waals surface area contributed by atoms with E-state index in [0.29, 0.717) is 0 Å². The summed E-state index contributed by atoms with van der Waals surface area (Å²) in [4.78, 5) is 3.79. The lowest BCUT2D eigenvalue weighted by Crippen LogP contribution is -2.18. The van der Waals surface area contributed by atoms with Gasteiger partial charge in [0.05, 0.1) is 5.88 Å². The zero-order valence-corrected chi connectivity index (χ0v) is 9.36. The van der Waals surface area contributed by atoms with Crippen molar-refractivity contribution >= 4 is 11.8 Å². The average molecular weight is 201 g/mol. The molecule has 1 aliphatic heterocycles. The standard InChI is InChI=1S/C10H19NOS/c1-3-4-6-11-8-13-10(5-7-12)9(11)2/h12H,3-8H2,1-2H3. The molecule has 1 aliphatic rings. The lowest BCUT2D eigenvalue weighted by atomic mass is 10.3. The van der Waals surface area contributed by atoms with Gasteiger partial charge in [0.15, 0.2) is 0 Å². The molecule has 0 saturated heterocycles. The minimum absolute atomic E-state index is 0.279. The molecule has 0 aromatic heterocycles. The maximum Gasteiger partial charge on any atom is 0.0680 e. The van der Waals surface area contributed by atoms with E-state index in [2.05, 4.69) is 18.7 Å². The number of aliphatic hydroxyl groups excluding tert-OH is 1. The van der Waals surface area contributed by atoms with Crippen LogP contribution in [0.1, 0.15) is 33.1 Å². The molecule has 0 bridgehead atoms. The quantitative estimate of drug-likeness (QED) is 0.739. The fraction of sp³-hybridized carbons (Fsp3) is 0.800. The molecule has 3 heteroatoms. The van der Waals surface area contributed by atoms with Gasteiger partial charge in [-0.05, 0) is 13.3 Å². The SMILES string of the molecule is CCCCN1CSC(CCO)=C1C. The molecule has 0 saturated carbocycles. The van der Waals surface area contributed by atoms with Gasteiger partial charge in [0.2, 0.25) is 0 Å². The molecule has 0 amide bonds. The first-order valence-electron chi connectivity index (χ1n) is 4.98. The van der Waals surface area contributed by atoms with Crippen molar-refractivity contribution in [2.24, 2.45) is 0 Å². The molecule has 76 valence electrons. The van der Waals surface area contributed by atoms with E-state index in [1.54, 1.807) is 0 Å². The Morgan fingerprint density at radius 2 is 2.31 bits per heavy atom. The number of hydrogen-bond acceptors (Lipinski definition) is 3. The van der Waals surface area contributed by atoms with Crippen molar-refractivity contribution in [3.05, 3.63) is 10.6 Å². The van der Waals surface area contributed by atoms with Gasteiger partial charge in [-0.2, -0.15) is 0 Å². The second kappa shape index (κ2) is 5.55. The lowest BCUT2D eigenvalue weighted by molar-refractivity contribution is 0.300. The molecule has 1 heterocycles. The average Bonchev–Trinajstić information content (AvgIpc) is 2.46. The first kappa shape index (κ1) is 10.9. The van der Waals surface area contributed by atoms with Crippen LogP contribution in [0.5, 0.6) is 0 Å². The predicted octanol–water partition coefficient (Wildman–Crippen LogP) is 2.41. The highest BCUT2D eigenvalue weighted by atomic mass is 32.2. The van der Waals surface area contributed by atoms with Crippen LogP contribution in [-0.2, 0) is 0 Å². The van der Waals surface area contributed by atoms with Crippen LogP contribution in [0.4, 0.5) is 0 Å². The molecule has 1 rings (SSSR count). The van der Waals surface area contributed by atoms with Gasteiger partial charge in [0.1, 0.15) is 0 Å². The minimum Gasteiger partial charge on any atom is -0.396 e. The number of aliphatic hydroxyl groups is 1. The summed E-state index contributed by atoms with van der Waals surface area (Å²) < 4.78 is 0. The monoisotopic (exact) mass is 201 g/mol. The third-order valence-corrected chi connectivity index (χ3v) is 3.68. The number of unbranched alkanes of at least 4 members (excludes halogenated alkanes) is 1. The van der Waals surface area contributed by atoms with Crippen molar-refractivity contribution in [1.29, 1.82) is 0 Å². The van der Waals surface area contributed by atoms with Crippen LogP contribution in [0.15, 0.2) is 10.6 Å². The highest BCUT2D eigenvalue weighted by Gasteiger charge is 2.17. The zero-order valence-electron chi connectivity index (χ0n) is 8.55. The highest BCUT2D eigenvalue weighted by Crippen LogP contribution is 2.33. The zero-order chi connectivity index (χ0) is 9.68. The van der Waals surface area contributed by atoms with Crippen LogP contribution < -0.4 is 0 Å². The molecule has 0 unspecified atom stereocenters. The second-order valence-electron chi connectivity index (χ2n) is 3.37. The molecule has 0 aliphatic carbocycles. The topological polar surface area (TPSA) is 23.5 Å². The summed E-state index contributed by atoms with van der Waals surface area (Å²) >= 11 is 1.88. The van der Waals surface area contributed by atoms with Crippen LogP contribution in [0, 0.1) is 0 Å². The first-order chi connectivity index (χ1) is 6.29. The molecular weight excluding hydrogens is 182 g/mol. The van der Waals surface area contributed by atoms with Crippen molar-refractivity contribution in [2.75, 3.05) is 19.0 Å². The summed E-state index contributed by atoms with van der Waals surface area (Å²) in [5.74, 6) is 1.08. The summed E-state index contributed by atoms with van der Waals surface area (Å²) in [6, 6.07) is 0. The number of thioether (sulfide) groups is 1. The van der Waals surface area contributed by atoms with E-state index in [4.69, 9.17) is 5.11 Å². The molecule has 0 aromatic rings. The molecule has 0 radical (unpaired) electrons. The normalized spacial score (nSPS) is 17.3. The number of rotatable bonds is 5. The Hall–Kier alpha value is -0.150.